The number of rotatable bonds is 7. The number of carbonyl (C=O) groups excluding carboxylic acids is 1. The minimum Gasteiger partial charge on any atom is -0.474 e. The molecule has 0 aliphatic heterocycles. The number of aromatic nitrogens is 2. The van der Waals surface area contributed by atoms with E-state index in [0.717, 1.165) is 0 Å². The van der Waals surface area contributed by atoms with Crippen LogP contribution in [0.1, 0.15) is 25.1 Å². The molecule has 0 aliphatic carbocycles. The van der Waals surface area contributed by atoms with Gasteiger partial charge in [-0.2, -0.15) is 8.42 Å². The zero-order valence-corrected chi connectivity index (χ0v) is 16.8. The SMILES string of the molecule is CC(C)Oc1cc(/C=C/S(=O)(=O)OC(N)=O)n(Cc2ccc(Cl)cc2Cl)n1. The van der Waals surface area contributed by atoms with E-state index in [9.17, 15) is 13.2 Å². The molecule has 1 aromatic heterocycles. The van der Waals surface area contributed by atoms with Crippen molar-refractivity contribution < 1.29 is 22.1 Å². The highest BCUT2D eigenvalue weighted by Crippen LogP contribution is 2.24. The summed E-state index contributed by atoms with van der Waals surface area (Å²) in [6, 6.07) is 6.54. The van der Waals surface area contributed by atoms with Crippen molar-refractivity contribution in [3.05, 3.63) is 51.0 Å². The van der Waals surface area contributed by atoms with Crippen LogP contribution in [0.15, 0.2) is 29.7 Å². The van der Waals surface area contributed by atoms with Crippen molar-refractivity contribution in [3.63, 3.8) is 0 Å². The summed E-state index contributed by atoms with van der Waals surface area (Å²) in [6.07, 6.45) is -0.349. The minimum atomic E-state index is -4.28. The average Bonchev–Trinajstić information content (AvgIpc) is 2.87. The lowest BCUT2D eigenvalue weighted by atomic mass is 10.2. The van der Waals surface area contributed by atoms with Crippen molar-refractivity contribution in [3.8, 4) is 5.88 Å². The third-order valence-corrected chi connectivity index (χ3v) is 4.54. The van der Waals surface area contributed by atoms with Crippen LogP contribution in [0.3, 0.4) is 0 Å². The van der Waals surface area contributed by atoms with Crippen molar-refractivity contribution in [1.29, 1.82) is 0 Å². The van der Waals surface area contributed by atoms with Gasteiger partial charge in [-0.05, 0) is 37.6 Å². The molecule has 2 rings (SSSR count). The first-order valence-corrected chi connectivity index (χ1v) is 9.89. The Bertz CT molecular complexity index is 970. The highest BCUT2D eigenvalue weighted by atomic mass is 35.5. The molecule has 0 bridgehead atoms. The molecule has 0 saturated heterocycles. The number of ether oxygens (including phenoxy) is 1. The molecule has 0 fully saturated rings. The molecular formula is C16H17Cl2N3O5S. The molecule has 0 radical (unpaired) electrons. The number of nitrogens with two attached hydrogens (primary N) is 1. The van der Waals surface area contributed by atoms with E-state index in [-0.39, 0.29) is 12.6 Å². The molecular weight excluding hydrogens is 417 g/mol. The van der Waals surface area contributed by atoms with Crippen LogP contribution in [-0.2, 0) is 20.8 Å². The van der Waals surface area contributed by atoms with Gasteiger partial charge in [0.15, 0.2) is 0 Å². The zero-order chi connectivity index (χ0) is 20.2. The van der Waals surface area contributed by atoms with Gasteiger partial charge in [0.25, 0.3) is 0 Å². The first-order chi connectivity index (χ1) is 12.6. The summed E-state index contributed by atoms with van der Waals surface area (Å²) >= 11 is 12.1. The molecule has 2 aromatic rings. The molecule has 1 heterocycles. The third kappa shape index (κ3) is 6.46. The number of primary amides is 1. The van der Waals surface area contributed by atoms with Crippen LogP contribution in [0.25, 0.3) is 6.08 Å². The van der Waals surface area contributed by atoms with E-state index in [4.69, 9.17) is 33.7 Å². The van der Waals surface area contributed by atoms with E-state index >= 15 is 0 Å². The second-order valence-corrected chi connectivity index (χ2v) is 7.93. The maximum atomic E-state index is 11.7. The van der Waals surface area contributed by atoms with Gasteiger partial charge in [0.2, 0.25) is 5.88 Å². The van der Waals surface area contributed by atoms with Crippen LogP contribution >= 0.6 is 23.2 Å². The summed E-state index contributed by atoms with van der Waals surface area (Å²) in [5, 5.41) is 5.92. The van der Waals surface area contributed by atoms with Gasteiger partial charge < -0.3 is 14.7 Å². The van der Waals surface area contributed by atoms with Gasteiger partial charge in [-0.1, -0.05) is 29.3 Å². The van der Waals surface area contributed by atoms with Crippen molar-refractivity contribution >= 4 is 45.5 Å². The fourth-order valence-electron chi connectivity index (χ4n) is 2.07. The van der Waals surface area contributed by atoms with Gasteiger partial charge in [0.1, 0.15) is 0 Å². The smallest absolute Gasteiger partial charge is 0.420 e. The highest BCUT2D eigenvalue weighted by Gasteiger charge is 2.14. The van der Waals surface area contributed by atoms with Gasteiger partial charge in [0.05, 0.1) is 23.8 Å². The van der Waals surface area contributed by atoms with Crippen molar-refractivity contribution in [2.75, 3.05) is 0 Å². The fraction of sp³-hybridized carbons (Fsp3) is 0.250. The Morgan fingerprint density at radius 1 is 1.33 bits per heavy atom. The highest BCUT2D eigenvalue weighted by molar-refractivity contribution is 7.90. The maximum Gasteiger partial charge on any atom is 0.420 e. The predicted octanol–water partition coefficient (Wildman–Crippen LogP) is 3.42. The standard InChI is InChI=1S/C16H17Cl2N3O5S/c1-10(2)25-15-8-13(5-6-27(23,24)26-16(19)22)21(20-15)9-11-3-4-12(17)7-14(11)18/h3-8,10H,9H2,1-2H3,(H2,19,22)/b6-5+. The summed E-state index contributed by atoms with van der Waals surface area (Å²) < 4.78 is 34.4. The van der Waals surface area contributed by atoms with Crippen LogP contribution in [-0.4, -0.2) is 30.4 Å². The maximum absolute atomic E-state index is 11.7. The molecule has 0 saturated carbocycles. The summed E-state index contributed by atoms with van der Waals surface area (Å²) in [7, 11) is -4.28. The van der Waals surface area contributed by atoms with Crippen molar-refractivity contribution in [2.45, 2.75) is 26.5 Å². The molecule has 1 amide bonds. The monoisotopic (exact) mass is 433 g/mol. The Morgan fingerprint density at radius 3 is 2.63 bits per heavy atom. The summed E-state index contributed by atoms with van der Waals surface area (Å²) in [6.45, 7) is 3.89. The molecule has 27 heavy (non-hydrogen) atoms. The van der Waals surface area contributed by atoms with Crippen LogP contribution < -0.4 is 10.5 Å². The Balaban J connectivity index is 2.37. The van der Waals surface area contributed by atoms with E-state index in [1.807, 2.05) is 13.8 Å². The predicted molar refractivity (Wildman–Crippen MR) is 102 cm³/mol. The third-order valence-electron chi connectivity index (χ3n) is 3.08. The van der Waals surface area contributed by atoms with Crippen LogP contribution in [0.2, 0.25) is 10.0 Å². The second-order valence-electron chi connectivity index (χ2n) is 5.67. The Morgan fingerprint density at radius 2 is 2.04 bits per heavy atom. The van der Waals surface area contributed by atoms with Crippen molar-refractivity contribution in [2.24, 2.45) is 5.73 Å². The van der Waals surface area contributed by atoms with Gasteiger partial charge in [-0.25, -0.2) is 4.79 Å². The average molecular weight is 434 g/mol. The number of amides is 1. The number of hydrogen-bond acceptors (Lipinski definition) is 6. The molecule has 11 heteroatoms. The number of benzene rings is 1. The Hall–Kier alpha value is -2.23. The van der Waals surface area contributed by atoms with Crippen LogP contribution in [0, 0.1) is 0 Å². The van der Waals surface area contributed by atoms with Crippen molar-refractivity contribution in [1.82, 2.24) is 9.78 Å². The van der Waals surface area contributed by atoms with Gasteiger partial charge in [-0.15, -0.1) is 5.10 Å². The second kappa shape index (κ2) is 8.64. The molecule has 1 aromatic carbocycles. The van der Waals surface area contributed by atoms with Gasteiger partial charge in [0, 0.05) is 16.1 Å². The first kappa shape index (κ1) is 21.1. The molecule has 0 spiro atoms. The topological polar surface area (TPSA) is 114 Å². The van der Waals surface area contributed by atoms with E-state index in [0.29, 0.717) is 32.6 Å². The quantitative estimate of drug-likeness (QED) is 0.668. The summed E-state index contributed by atoms with van der Waals surface area (Å²) in [4.78, 5) is 10.6. The molecule has 0 aliphatic rings. The number of halogens is 2. The molecule has 2 N–H and O–H groups in total. The first-order valence-electron chi connectivity index (χ1n) is 7.66. The fourth-order valence-corrected chi connectivity index (χ4v) is 3.13. The van der Waals surface area contributed by atoms with E-state index in [1.165, 1.54) is 10.8 Å². The molecule has 146 valence electrons. The zero-order valence-electron chi connectivity index (χ0n) is 14.4. The lowest BCUT2D eigenvalue weighted by Crippen LogP contribution is -2.17. The number of carbonyl (C=O) groups is 1. The van der Waals surface area contributed by atoms with Crippen LogP contribution in [0.4, 0.5) is 4.79 Å². The summed E-state index contributed by atoms with van der Waals surface area (Å²) in [5.74, 6) is 0.294. The molecule has 0 unspecified atom stereocenters. The minimum absolute atomic E-state index is 0.133. The molecule has 0 atom stereocenters. The number of nitrogens with zero attached hydrogens (tertiary/aromatic N) is 2. The van der Waals surface area contributed by atoms with E-state index in [2.05, 4.69) is 9.28 Å². The lowest BCUT2D eigenvalue weighted by Gasteiger charge is -2.08. The van der Waals surface area contributed by atoms with Gasteiger partial charge >= 0.3 is 16.2 Å². The van der Waals surface area contributed by atoms with E-state index < -0.39 is 16.2 Å². The summed E-state index contributed by atoms with van der Waals surface area (Å²) in [5.41, 5.74) is 5.83. The Kier molecular flexibility index (Phi) is 6.74. The lowest BCUT2D eigenvalue weighted by molar-refractivity contribution is 0.213. The van der Waals surface area contributed by atoms with Gasteiger partial charge in [-0.3, -0.25) is 4.68 Å². The Labute approximate surface area is 166 Å². The number of hydrogen-bond donors (Lipinski definition) is 1. The van der Waals surface area contributed by atoms with E-state index in [1.54, 1.807) is 24.3 Å². The van der Waals surface area contributed by atoms with Crippen LogP contribution in [0.5, 0.6) is 5.88 Å². The largest absolute Gasteiger partial charge is 0.474 e. The molecule has 8 nitrogen and oxygen atoms in total. The normalized spacial score (nSPS) is 11.9.